The number of rotatable bonds is 5. The van der Waals surface area contributed by atoms with Crippen molar-refractivity contribution in [3.05, 3.63) is 48.3 Å². The molecule has 3 aromatic heterocycles. The predicted octanol–water partition coefficient (Wildman–Crippen LogP) is 2.83. The Labute approximate surface area is 165 Å². The number of halogens is 2. The number of fused-ring (bicyclic) bond motifs is 1. The molecule has 1 saturated heterocycles. The number of hydrogen-bond acceptors (Lipinski definition) is 7. The van der Waals surface area contributed by atoms with Crippen molar-refractivity contribution in [1.29, 1.82) is 5.41 Å². The van der Waals surface area contributed by atoms with Crippen molar-refractivity contribution in [1.82, 2.24) is 24.3 Å². The van der Waals surface area contributed by atoms with Gasteiger partial charge in [-0.3, -0.25) is 4.40 Å². The van der Waals surface area contributed by atoms with Crippen LogP contribution in [-0.4, -0.2) is 43.6 Å². The number of nitrogens with two attached hydrogens (primary N) is 1. The molecule has 0 amide bonds. The van der Waals surface area contributed by atoms with Gasteiger partial charge in [-0.05, 0) is 30.7 Å². The zero-order chi connectivity index (χ0) is 20.4. The van der Waals surface area contributed by atoms with Crippen LogP contribution in [0, 0.1) is 11.3 Å². The van der Waals surface area contributed by atoms with Gasteiger partial charge in [-0.25, -0.2) is 28.7 Å². The van der Waals surface area contributed by atoms with Crippen molar-refractivity contribution >= 4 is 17.7 Å². The maximum Gasteiger partial charge on any atom is 0.281 e. The average molecular weight is 398 g/mol. The highest BCUT2D eigenvalue weighted by molar-refractivity contribution is 5.76. The van der Waals surface area contributed by atoms with Gasteiger partial charge in [-0.2, -0.15) is 0 Å². The van der Waals surface area contributed by atoms with E-state index in [-0.39, 0.29) is 11.6 Å². The fourth-order valence-corrected chi connectivity index (χ4v) is 3.59. The maximum absolute atomic E-state index is 13.0. The molecule has 0 aromatic carbocycles. The fraction of sp³-hybridized carbons (Fsp3) is 0.316. The van der Waals surface area contributed by atoms with E-state index in [1.165, 1.54) is 29.2 Å². The summed E-state index contributed by atoms with van der Waals surface area (Å²) in [5, 5.41) is 7.53. The molecule has 4 rings (SSSR count). The molecule has 3 aromatic rings. The molecule has 0 bridgehead atoms. The highest BCUT2D eigenvalue weighted by Crippen LogP contribution is 2.27. The van der Waals surface area contributed by atoms with Crippen LogP contribution >= 0.6 is 0 Å². The Morgan fingerprint density at radius 1 is 1.28 bits per heavy atom. The number of nitrogens with one attached hydrogen (secondary N) is 1. The molecule has 0 radical (unpaired) electrons. The second-order valence-electron chi connectivity index (χ2n) is 6.82. The molecule has 10 heteroatoms. The van der Waals surface area contributed by atoms with E-state index in [1.807, 2.05) is 6.07 Å². The van der Waals surface area contributed by atoms with Gasteiger partial charge in [0.05, 0.1) is 12.4 Å². The van der Waals surface area contributed by atoms with Gasteiger partial charge in [-0.15, -0.1) is 0 Å². The predicted molar refractivity (Wildman–Crippen MR) is 105 cm³/mol. The number of anilines is 1. The second-order valence-corrected chi connectivity index (χ2v) is 6.82. The number of imidazole rings is 1. The van der Waals surface area contributed by atoms with Gasteiger partial charge in [0.25, 0.3) is 6.43 Å². The van der Waals surface area contributed by atoms with Crippen molar-refractivity contribution in [3.63, 3.8) is 0 Å². The zero-order valence-electron chi connectivity index (χ0n) is 15.5. The summed E-state index contributed by atoms with van der Waals surface area (Å²) in [6.45, 7) is 1.52. The molecule has 8 nitrogen and oxygen atoms in total. The van der Waals surface area contributed by atoms with Crippen molar-refractivity contribution in [2.45, 2.75) is 19.3 Å². The van der Waals surface area contributed by atoms with E-state index >= 15 is 0 Å². The summed E-state index contributed by atoms with van der Waals surface area (Å²) in [7, 11) is 0. The van der Waals surface area contributed by atoms with Crippen LogP contribution in [0.4, 0.5) is 14.6 Å². The monoisotopic (exact) mass is 398 g/mol. The van der Waals surface area contributed by atoms with E-state index in [1.54, 1.807) is 12.4 Å². The quantitative estimate of drug-likeness (QED) is 0.640. The van der Waals surface area contributed by atoms with Gasteiger partial charge >= 0.3 is 0 Å². The number of hydrogen-bond donors (Lipinski definition) is 2. The van der Waals surface area contributed by atoms with Crippen molar-refractivity contribution in [2.24, 2.45) is 11.7 Å². The maximum atomic E-state index is 13.0. The largest absolute Gasteiger partial charge is 0.404 e. The summed E-state index contributed by atoms with van der Waals surface area (Å²) < 4.78 is 27.6. The van der Waals surface area contributed by atoms with E-state index in [2.05, 4.69) is 24.8 Å². The third-order valence-electron chi connectivity index (χ3n) is 5.09. The highest BCUT2D eigenvalue weighted by atomic mass is 19.3. The van der Waals surface area contributed by atoms with Crippen molar-refractivity contribution < 1.29 is 8.78 Å². The number of piperidine rings is 1. The van der Waals surface area contributed by atoms with Crippen LogP contribution in [0.15, 0.2) is 42.6 Å². The standard InChI is InChI=1S/C19H20F2N8/c20-18(21)14-11-29-15(8-26-17(29)9-25-14)19-24-4-3-16(27-19)28-5-1-2-12(10-28)13(6-22)7-23/h3-4,6-9,11-12,18,22H,1-2,5,10,23H2/b13-7+,22-6?. The number of alkyl halides is 2. The summed E-state index contributed by atoms with van der Waals surface area (Å²) in [4.78, 5) is 19.0. The minimum atomic E-state index is -2.68. The van der Waals surface area contributed by atoms with Crippen LogP contribution < -0.4 is 10.6 Å². The minimum Gasteiger partial charge on any atom is -0.404 e. The van der Waals surface area contributed by atoms with E-state index in [9.17, 15) is 8.78 Å². The Hall–Kier alpha value is -3.43. The van der Waals surface area contributed by atoms with Gasteiger partial charge in [0.2, 0.25) is 0 Å². The molecule has 1 aliphatic rings. The molecule has 1 atom stereocenters. The van der Waals surface area contributed by atoms with Crippen LogP contribution in [-0.2, 0) is 0 Å². The molecule has 0 aliphatic carbocycles. The topological polar surface area (TPSA) is 109 Å². The van der Waals surface area contributed by atoms with Gasteiger partial charge in [0.15, 0.2) is 11.5 Å². The van der Waals surface area contributed by atoms with Crippen LogP contribution in [0.25, 0.3) is 17.2 Å². The molecule has 4 heterocycles. The Balaban J connectivity index is 1.67. The highest BCUT2D eigenvalue weighted by Gasteiger charge is 2.24. The SMILES string of the molecule is N=C/C(=C\N)C1CCCN(c2ccnc(-c3cnc4cnc(C(F)F)cn34)n2)C1. The number of aromatic nitrogens is 5. The summed E-state index contributed by atoms with van der Waals surface area (Å²) in [6, 6.07) is 1.82. The lowest BCUT2D eigenvalue weighted by Crippen LogP contribution is -2.37. The molecule has 150 valence electrons. The Kier molecular flexibility index (Phi) is 5.15. The molecule has 3 N–H and O–H groups in total. The van der Waals surface area contributed by atoms with Gasteiger partial charge in [-0.1, -0.05) is 0 Å². The molecular weight excluding hydrogens is 378 g/mol. The molecule has 0 spiro atoms. The summed E-state index contributed by atoms with van der Waals surface area (Å²) in [5.74, 6) is 1.30. The van der Waals surface area contributed by atoms with Gasteiger partial charge in [0, 0.05) is 37.6 Å². The lowest BCUT2D eigenvalue weighted by Gasteiger charge is -2.34. The Morgan fingerprint density at radius 2 is 2.14 bits per heavy atom. The first-order valence-electron chi connectivity index (χ1n) is 9.22. The van der Waals surface area contributed by atoms with Gasteiger partial charge < -0.3 is 16.0 Å². The van der Waals surface area contributed by atoms with Crippen LogP contribution in [0.3, 0.4) is 0 Å². The van der Waals surface area contributed by atoms with Crippen LogP contribution in [0.2, 0.25) is 0 Å². The smallest absolute Gasteiger partial charge is 0.281 e. The molecule has 1 unspecified atom stereocenters. The third kappa shape index (κ3) is 3.65. The normalized spacial score (nSPS) is 17.8. The lowest BCUT2D eigenvalue weighted by atomic mass is 9.91. The Morgan fingerprint density at radius 3 is 2.90 bits per heavy atom. The van der Waals surface area contributed by atoms with E-state index in [0.29, 0.717) is 23.7 Å². The molecular formula is C19H20F2N8. The van der Waals surface area contributed by atoms with Gasteiger partial charge in [0.1, 0.15) is 17.2 Å². The molecule has 0 saturated carbocycles. The first-order chi connectivity index (χ1) is 14.1. The third-order valence-corrected chi connectivity index (χ3v) is 5.09. The van der Waals surface area contributed by atoms with Crippen LogP contribution in [0.5, 0.6) is 0 Å². The first-order valence-corrected chi connectivity index (χ1v) is 9.22. The van der Waals surface area contributed by atoms with E-state index < -0.39 is 6.43 Å². The molecule has 29 heavy (non-hydrogen) atoms. The Bertz CT molecular complexity index is 1060. The zero-order valence-corrected chi connectivity index (χ0v) is 15.5. The first kappa shape index (κ1) is 18.9. The average Bonchev–Trinajstić information content (AvgIpc) is 3.18. The number of nitrogens with zero attached hydrogens (tertiary/aromatic N) is 6. The molecule has 1 fully saturated rings. The summed E-state index contributed by atoms with van der Waals surface area (Å²) in [6.07, 6.45) is 7.79. The van der Waals surface area contributed by atoms with Crippen molar-refractivity contribution in [2.75, 3.05) is 18.0 Å². The molecule has 1 aliphatic heterocycles. The summed E-state index contributed by atoms with van der Waals surface area (Å²) >= 11 is 0. The van der Waals surface area contributed by atoms with Crippen LogP contribution in [0.1, 0.15) is 25.0 Å². The lowest BCUT2D eigenvalue weighted by molar-refractivity contribution is 0.145. The minimum absolute atomic E-state index is 0.167. The fourth-order valence-electron chi connectivity index (χ4n) is 3.59. The summed E-state index contributed by atoms with van der Waals surface area (Å²) in [5.41, 5.74) is 7.08. The second kappa shape index (κ2) is 7.90. The van der Waals surface area contributed by atoms with E-state index in [4.69, 9.17) is 11.1 Å². The van der Waals surface area contributed by atoms with Crippen molar-refractivity contribution in [3.8, 4) is 11.5 Å². The van der Waals surface area contributed by atoms with E-state index in [0.717, 1.165) is 30.8 Å².